The van der Waals surface area contributed by atoms with Gasteiger partial charge in [-0.15, -0.1) is 0 Å². The zero-order valence-corrected chi connectivity index (χ0v) is 11.3. The van der Waals surface area contributed by atoms with Crippen LogP contribution in [0.4, 0.5) is 13.2 Å². The second kappa shape index (κ2) is 5.51. The summed E-state index contributed by atoms with van der Waals surface area (Å²) in [5, 5.41) is 10.0. The molecule has 0 aliphatic carbocycles. The molecule has 1 aromatic rings. The molecule has 0 bridgehead atoms. The minimum Gasteiger partial charge on any atom is -0.388 e. The highest BCUT2D eigenvalue weighted by atomic mass is 19.4. The first-order chi connectivity index (χ1) is 8.53. The average molecular weight is 275 g/mol. The van der Waals surface area contributed by atoms with Crippen molar-refractivity contribution in [3.05, 3.63) is 35.4 Å². The van der Waals surface area contributed by atoms with E-state index in [1.165, 1.54) is 18.2 Å². The minimum atomic E-state index is -4.47. The molecule has 1 rings (SSSR count). The Morgan fingerprint density at radius 3 is 2.16 bits per heavy atom. The molecule has 0 aromatic heterocycles. The molecular formula is C14H20F3NO. The first-order valence-electron chi connectivity index (χ1n) is 6.13. The minimum absolute atomic E-state index is 0.0938. The summed E-state index contributed by atoms with van der Waals surface area (Å²) in [5.41, 5.74) is 4.72. The summed E-state index contributed by atoms with van der Waals surface area (Å²) in [4.78, 5) is 0. The van der Waals surface area contributed by atoms with Gasteiger partial charge in [-0.05, 0) is 23.5 Å². The van der Waals surface area contributed by atoms with Gasteiger partial charge < -0.3 is 10.8 Å². The van der Waals surface area contributed by atoms with E-state index >= 15 is 0 Å². The van der Waals surface area contributed by atoms with Crippen LogP contribution in [0.15, 0.2) is 24.3 Å². The van der Waals surface area contributed by atoms with E-state index in [2.05, 4.69) is 0 Å². The molecule has 2 atom stereocenters. The van der Waals surface area contributed by atoms with E-state index in [1.54, 1.807) is 0 Å². The molecule has 19 heavy (non-hydrogen) atoms. The Balaban J connectivity index is 2.98. The Morgan fingerprint density at radius 2 is 1.68 bits per heavy atom. The first kappa shape index (κ1) is 16.0. The molecule has 0 saturated carbocycles. The molecule has 0 spiro atoms. The van der Waals surface area contributed by atoms with Crippen LogP contribution in [-0.4, -0.2) is 11.1 Å². The average Bonchev–Trinajstić information content (AvgIpc) is 2.26. The number of benzene rings is 1. The van der Waals surface area contributed by atoms with E-state index in [0.717, 1.165) is 6.07 Å². The third kappa shape index (κ3) is 4.21. The Labute approximate surface area is 111 Å². The predicted molar refractivity (Wildman–Crippen MR) is 68.5 cm³/mol. The molecule has 0 unspecified atom stereocenters. The van der Waals surface area contributed by atoms with Crippen molar-refractivity contribution in [3.63, 3.8) is 0 Å². The summed E-state index contributed by atoms with van der Waals surface area (Å²) in [7, 11) is 0. The summed E-state index contributed by atoms with van der Waals surface area (Å²) in [6, 6.07) is 4.67. The monoisotopic (exact) mass is 275 g/mol. The summed E-state index contributed by atoms with van der Waals surface area (Å²) >= 11 is 0. The molecule has 0 radical (unpaired) electrons. The van der Waals surface area contributed by atoms with Crippen molar-refractivity contribution in [2.24, 2.45) is 11.1 Å². The third-order valence-electron chi connectivity index (χ3n) is 3.21. The number of nitrogens with two attached hydrogens (primary N) is 1. The molecule has 0 aliphatic heterocycles. The highest BCUT2D eigenvalue weighted by molar-refractivity contribution is 5.31. The van der Waals surface area contributed by atoms with Crippen molar-refractivity contribution >= 4 is 0 Å². The smallest absolute Gasteiger partial charge is 0.388 e. The van der Waals surface area contributed by atoms with Crippen molar-refractivity contribution in [2.45, 2.75) is 45.5 Å². The number of aliphatic hydroxyl groups excluding tert-OH is 1. The van der Waals surface area contributed by atoms with E-state index in [0.29, 0.717) is 0 Å². The normalized spacial score (nSPS) is 16.2. The molecule has 1 aromatic carbocycles. The van der Waals surface area contributed by atoms with Crippen molar-refractivity contribution in [3.8, 4) is 0 Å². The maximum absolute atomic E-state index is 12.8. The number of halogens is 3. The number of aliphatic hydroxyl groups is 1. The summed E-state index contributed by atoms with van der Waals surface area (Å²) in [5.74, 6) is 0. The molecule has 0 saturated heterocycles. The maximum atomic E-state index is 12.8. The van der Waals surface area contributed by atoms with Crippen LogP contribution < -0.4 is 5.73 Å². The van der Waals surface area contributed by atoms with Crippen molar-refractivity contribution in [1.29, 1.82) is 0 Å². The van der Waals surface area contributed by atoms with E-state index in [-0.39, 0.29) is 23.4 Å². The SMILES string of the molecule is CC(C)(C)[C@H](N)C[C@@H](O)c1ccccc1C(F)(F)F. The van der Waals surface area contributed by atoms with Gasteiger partial charge in [-0.25, -0.2) is 0 Å². The van der Waals surface area contributed by atoms with Gasteiger partial charge >= 0.3 is 6.18 Å². The second-order valence-electron chi connectivity index (χ2n) is 5.81. The zero-order chi connectivity index (χ0) is 14.8. The molecule has 5 heteroatoms. The van der Waals surface area contributed by atoms with Gasteiger partial charge in [0.05, 0.1) is 11.7 Å². The standard InChI is InChI=1S/C14H20F3NO/c1-13(2,3)12(18)8-11(19)9-6-4-5-7-10(9)14(15,16)17/h4-7,11-12,19H,8,18H2,1-3H3/t11-,12-/m1/s1. The largest absolute Gasteiger partial charge is 0.416 e. The van der Waals surface area contributed by atoms with Gasteiger partial charge in [0.2, 0.25) is 0 Å². The third-order valence-corrected chi connectivity index (χ3v) is 3.21. The number of hydrogen-bond acceptors (Lipinski definition) is 2. The molecule has 2 nitrogen and oxygen atoms in total. The highest BCUT2D eigenvalue weighted by Gasteiger charge is 2.35. The Hall–Kier alpha value is -1.07. The van der Waals surface area contributed by atoms with Gasteiger partial charge in [0.15, 0.2) is 0 Å². The van der Waals surface area contributed by atoms with Gasteiger partial charge in [-0.3, -0.25) is 0 Å². The lowest BCUT2D eigenvalue weighted by Gasteiger charge is -2.29. The summed E-state index contributed by atoms with van der Waals surface area (Å²) in [6.07, 6.45) is -5.59. The molecule has 0 fully saturated rings. The van der Waals surface area contributed by atoms with Crippen LogP contribution >= 0.6 is 0 Å². The van der Waals surface area contributed by atoms with Crippen LogP contribution in [0.2, 0.25) is 0 Å². The Bertz CT molecular complexity index is 423. The van der Waals surface area contributed by atoms with Gasteiger partial charge in [-0.2, -0.15) is 13.2 Å². The molecule has 0 aliphatic rings. The zero-order valence-electron chi connectivity index (χ0n) is 11.3. The van der Waals surface area contributed by atoms with E-state index in [9.17, 15) is 18.3 Å². The number of hydrogen-bond donors (Lipinski definition) is 2. The van der Waals surface area contributed by atoms with Crippen LogP contribution in [0.25, 0.3) is 0 Å². The Kier molecular flexibility index (Phi) is 4.63. The van der Waals surface area contributed by atoms with Gasteiger partial charge in [0.1, 0.15) is 0 Å². The van der Waals surface area contributed by atoms with E-state index < -0.39 is 17.8 Å². The maximum Gasteiger partial charge on any atom is 0.416 e. The fourth-order valence-corrected chi connectivity index (χ4v) is 1.77. The van der Waals surface area contributed by atoms with Crippen LogP contribution in [0.1, 0.15) is 44.4 Å². The number of alkyl halides is 3. The number of rotatable bonds is 3. The van der Waals surface area contributed by atoms with Gasteiger partial charge in [-0.1, -0.05) is 39.0 Å². The van der Waals surface area contributed by atoms with Crippen molar-refractivity contribution in [1.82, 2.24) is 0 Å². The van der Waals surface area contributed by atoms with E-state index in [1.807, 2.05) is 20.8 Å². The lowest BCUT2D eigenvalue weighted by molar-refractivity contribution is -0.139. The van der Waals surface area contributed by atoms with Gasteiger partial charge in [0, 0.05) is 6.04 Å². The first-order valence-corrected chi connectivity index (χ1v) is 6.13. The summed E-state index contributed by atoms with van der Waals surface area (Å²) < 4.78 is 38.5. The van der Waals surface area contributed by atoms with E-state index in [4.69, 9.17) is 5.73 Å². The van der Waals surface area contributed by atoms with Gasteiger partial charge in [0.25, 0.3) is 0 Å². The topological polar surface area (TPSA) is 46.2 Å². The lowest BCUT2D eigenvalue weighted by atomic mass is 9.82. The fourth-order valence-electron chi connectivity index (χ4n) is 1.77. The van der Waals surface area contributed by atoms with Crippen LogP contribution in [0, 0.1) is 5.41 Å². The van der Waals surface area contributed by atoms with Crippen molar-refractivity contribution in [2.75, 3.05) is 0 Å². The second-order valence-corrected chi connectivity index (χ2v) is 5.81. The lowest BCUT2D eigenvalue weighted by Crippen LogP contribution is -2.36. The van der Waals surface area contributed by atoms with Crippen LogP contribution in [-0.2, 0) is 6.18 Å². The highest BCUT2D eigenvalue weighted by Crippen LogP contribution is 2.36. The van der Waals surface area contributed by atoms with Crippen LogP contribution in [0.5, 0.6) is 0 Å². The van der Waals surface area contributed by atoms with Crippen molar-refractivity contribution < 1.29 is 18.3 Å². The predicted octanol–water partition coefficient (Wildman–Crippen LogP) is 3.50. The molecule has 0 heterocycles. The molecule has 0 amide bonds. The Morgan fingerprint density at radius 1 is 1.16 bits per heavy atom. The molecule has 108 valence electrons. The van der Waals surface area contributed by atoms with Crippen LogP contribution in [0.3, 0.4) is 0 Å². The molecule has 3 N–H and O–H groups in total. The molecular weight excluding hydrogens is 255 g/mol. The fraction of sp³-hybridized carbons (Fsp3) is 0.571. The summed E-state index contributed by atoms with van der Waals surface area (Å²) in [6.45, 7) is 5.67. The quantitative estimate of drug-likeness (QED) is 0.886.